The molecule has 0 spiro atoms. The summed E-state index contributed by atoms with van der Waals surface area (Å²) < 4.78 is 34.1. The van der Waals surface area contributed by atoms with Crippen molar-refractivity contribution in [3.05, 3.63) is 87.4 Å². The Morgan fingerprint density at radius 1 is 0.953 bits per heavy atom. The maximum Gasteiger partial charge on any atom is 0.264 e. The second-order valence-electron chi connectivity index (χ2n) is 10.4. The molecule has 0 aliphatic heterocycles. The summed E-state index contributed by atoms with van der Waals surface area (Å²) in [5.41, 5.74) is 0.635. The topological polar surface area (TPSA) is 96.0 Å². The lowest BCUT2D eigenvalue weighted by molar-refractivity contribution is -0.139. The fourth-order valence-electron chi connectivity index (χ4n) is 5.04. The number of benzene rings is 3. The van der Waals surface area contributed by atoms with Crippen molar-refractivity contribution in [1.82, 2.24) is 10.2 Å². The highest BCUT2D eigenvalue weighted by molar-refractivity contribution is 7.92. The molecule has 1 aliphatic rings. The van der Waals surface area contributed by atoms with Gasteiger partial charge in [-0.1, -0.05) is 66.2 Å². The second-order valence-corrected chi connectivity index (χ2v) is 13.5. The van der Waals surface area contributed by atoms with Gasteiger partial charge in [-0.05, 0) is 74.4 Å². The van der Waals surface area contributed by atoms with Crippen LogP contribution in [-0.4, -0.2) is 50.9 Å². The first-order chi connectivity index (χ1) is 20.5. The molecule has 1 fully saturated rings. The van der Waals surface area contributed by atoms with Crippen LogP contribution in [0.3, 0.4) is 0 Å². The molecule has 1 aliphatic carbocycles. The fraction of sp³-hybridized carbons (Fsp3) is 0.355. The summed E-state index contributed by atoms with van der Waals surface area (Å²) in [4.78, 5) is 28.9. The van der Waals surface area contributed by atoms with Crippen LogP contribution in [0.1, 0.15) is 44.6 Å². The van der Waals surface area contributed by atoms with Crippen LogP contribution in [0.4, 0.5) is 5.69 Å². The Bertz CT molecular complexity index is 1530. The van der Waals surface area contributed by atoms with Crippen LogP contribution in [0, 0.1) is 0 Å². The molecule has 2 amide bonds. The molecule has 12 heteroatoms. The second kappa shape index (κ2) is 14.7. The van der Waals surface area contributed by atoms with E-state index in [1.165, 1.54) is 42.3 Å². The van der Waals surface area contributed by atoms with E-state index in [1.807, 2.05) is 0 Å². The zero-order chi connectivity index (χ0) is 31.1. The largest absolute Gasteiger partial charge is 0.497 e. The van der Waals surface area contributed by atoms with Gasteiger partial charge in [0.15, 0.2) is 0 Å². The van der Waals surface area contributed by atoms with Gasteiger partial charge < -0.3 is 15.0 Å². The number of methoxy groups -OCH3 is 1. The van der Waals surface area contributed by atoms with Gasteiger partial charge in [-0.3, -0.25) is 13.9 Å². The van der Waals surface area contributed by atoms with E-state index in [0.717, 1.165) is 36.4 Å². The number of nitrogens with zero attached hydrogens (tertiary/aromatic N) is 2. The predicted octanol–water partition coefficient (Wildman–Crippen LogP) is 6.72. The summed E-state index contributed by atoms with van der Waals surface area (Å²) in [6.45, 7) is 0.892. The summed E-state index contributed by atoms with van der Waals surface area (Å²) in [5, 5.41) is 4.00. The van der Waals surface area contributed by atoms with Crippen LogP contribution in [0.5, 0.6) is 5.75 Å². The lowest BCUT2D eigenvalue weighted by Crippen LogP contribution is -2.53. The highest BCUT2D eigenvalue weighted by Crippen LogP contribution is 2.30. The smallest absolute Gasteiger partial charge is 0.264 e. The molecule has 1 N–H and O–H groups in total. The molecule has 1 saturated carbocycles. The first-order valence-electron chi connectivity index (χ1n) is 14.0. The lowest BCUT2D eigenvalue weighted by Gasteiger charge is -2.33. The van der Waals surface area contributed by atoms with Crippen molar-refractivity contribution >= 4 is 62.3 Å². The number of carbonyl (C=O) groups is 2. The van der Waals surface area contributed by atoms with Gasteiger partial charge in [0, 0.05) is 33.2 Å². The summed E-state index contributed by atoms with van der Waals surface area (Å²) in [5.74, 6) is -0.486. The standard InChI is InChI=1S/C31H34Cl3N3O5S/c1-21(31(39)35-23-9-4-3-5-10-23)36(19-27-28(33)12-7-13-29(27)34)30(38)20-37(24-11-6-8-22(32)18-24)43(40,41)26-16-14-25(42-2)15-17-26/h6-8,11-18,21,23H,3-5,9-10,19-20H2,1-2H3,(H,35,39)/t21-/m1/s1. The van der Waals surface area contributed by atoms with Crippen LogP contribution in [0.25, 0.3) is 0 Å². The molecule has 43 heavy (non-hydrogen) atoms. The Morgan fingerprint density at radius 2 is 1.58 bits per heavy atom. The number of halogens is 3. The normalized spacial score (nSPS) is 14.5. The minimum Gasteiger partial charge on any atom is -0.497 e. The van der Waals surface area contributed by atoms with Crippen molar-refractivity contribution in [3.8, 4) is 5.75 Å². The molecule has 8 nitrogen and oxygen atoms in total. The van der Waals surface area contributed by atoms with Crippen molar-refractivity contribution in [2.75, 3.05) is 18.0 Å². The number of carbonyl (C=O) groups excluding carboxylic acids is 2. The van der Waals surface area contributed by atoms with E-state index in [4.69, 9.17) is 39.5 Å². The molecule has 0 saturated heterocycles. The molecule has 3 aromatic rings. The molecule has 0 bridgehead atoms. The first-order valence-corrected chi connectivity index (χ1v) is 16.5. The van der Waals surface area contributed by atoms with Crippen LogP contribution >= 0.6 is 34.8 Å². The maximum atomic E-state index is 14.2. The number of rotatable bonds is 11. The van der Waals surface area contributed by atoms with Gasteiger partial charge in [0.1, 0.15) is 18.3 Å². The first kappa shape index (κ1) is 32.9. The monoisotopic (exact) mass is 665 g/mol. The molecule has 0 aromatic heterocycles. The Labute approximate surface area is 267 Å². The molecular weight excluding hydrogens is 633 g/mol. The van der Waals surface area contributed by atoms with Crippen molar-refractivity contribution < 1.29 is 22.7 Å². The van der Waals surface area contributed by atoms with Gasteiger partial charge in [0.25, 0.3) is 10.0 Å². The quantitative estimate of drug-likeness (QED) is 0.245. The van der Waals surface area contributed by atoms with E-state index >= 15 is 0 Å². The third-order valence-electron chi connectivity index (χ3n) is 7.53. The van der Waals surface area contributed by atoms with Crippen LogP contribution in [0.2, 0.25) is 15.1 Å². The van der Waals surface area contributed by atoms with E-state index in [1.54, 1.807) is 43.3 Å². The molecule has 0 heterocycles. The lowest BCUT2D eigenvalue weighted by atomic mass is 9.95. The summed E-state index contributed by atoms with van der Waals surface area (Å²) >= 11 is 19.2. The zero-order valence-corrected chi connectivity index (χ0v) is 27.0. The van der Waals surface area contributed by atoms with Crippen LogP contribution in [-0.2, 0) is 26.2 Å². The SMILES string of the molecule is COc1ccc(S(=O)(=O)N(CC(=O)N(Cc2c(Cl)cccc2Cl)[C@H](C)C(=O)NC2CCCCC2)c2cccc(Cl)c2)cc1. The number of ether oxygens (including phenoxy) is 1. The average molecular weight is 667 g/mol. The average Bonchev–Trinajstić information content (AvgIpc) is 2.99. The Hall–Kier alpha value is -2.98. The van der Waals surface area contributed by atoms with Crippen LogP contribution in [0.15, 0.2) is 71.6 Å². The third-order valence-corrected chi connectivity index (χ3v) is 10.3. The minimum absolute atomic E-state index is 0.0166. The number of nitrogens with one attached hydrogen (secondary N) is 1. The van der Waals surface area contributed by atoms with Crippen molar-refractivity contribution in [3.63, 3.8) is 0 Å². The molecule has 230 valence electrons. The van der Waals surface area contributed by atoms with E-state index in [9.17, 15) is 18.0 Å². The van der Waals surface area contributed by atoms with Gasteiger partial charge in [-0.2, -0.15) is 0 Å². The Morgan fingerprint density at radius 3 is 2.19 bits per heavy atom. The summed E-state index contributed by atoms with van der Waals surface area (Å²) in [6, 6.07) is 16.1. The fourth-order valence-corrected chi connectivity index (χ4v) is 7.15. The highest BCUT2D eigenvalue weighted by Gasteiger charge is 2.34. The van der Waals surface area contributed by atoms with Crippen molar-refractivity contribution in [2.45, 2.75) is 62.6 Å². The number of amides is 2. The molecule has 3 aromatic carbocycles. The maximum absolute atomic E-state index is 14.2. The van der Waals surface area contributed by atoms with Crippen molar-refractivity contribution in [1.29, 1.82) is 0 Å². The van der Waals surface area contributed by atoms with E-state index in [2.05, 4.69) is 5.32 Å². The Balaban J connectivity index is 1.71. The predicted molar refractivity (Wildman–Crippen MR) is 170 cm³/mol. The van der Waals surface area contributed by atoms with E-state index < -0.39 is 28.5 Å². The van der Waals surface area contributed by atoms with Gasteiger partial charge >= 0.3 is 0 Å². The molecule has 0 radical (unpaired) electrons. The van der Waals surface area contributed by atoms with Crippen LogP contribution < -0.4 is 14.4 Å². The van der Waals surface area contributed by atoms with Gasteiger partial charge in [0.2, 0.25) is 11.8 Å². The van der Waals surface area contributed by atoms with E-state index in [-0.39, 0.29) is 29.1 Å². The molecule has 0 unspecified atom stereocenters. The summed E-state index contributed by atoms with van der Waals surface area (Å²) in [6.07, 6.45) is 4.90. The molecule has 1 atom stereocenters. The van der Waals surface area contributed by atoms with Gasteiger partial charge in [-0.25, -0.2) is 8.42 Å². The number of sulfonamides is 1. The minimum atomic E-state index is -4.26. The summed E-state index contributed by atoms with van der Waals surface area (Å²) in [7, 11) is -2.79. The number of anilines is 1. The zero-order valence-electron chi connectivity index (χ0n) is 23.9. The molecular formula is C31H34Cl3N3O5S. The van der Waals surface area contributed by atoms with E-state index in [0.29, 0.717) is 26.4 Å². The van der Waals surface area contributed by atoms with Crippen molar-refractivity contribution in [2.24, 2.45) is 0 Å². The Kier molecular flexibility index (Phi) is 11.2. The number of hydrogen-bond acceptors (Lipinski definition) is 5. The number of hydrogen-bond donors (Lipinski definition) is 1. The highest BCUT2D eigenvalue weighted by atomic mass is 35.5. The third kappa shape index (κ3) is 8.15. The molecule has 4 rings (SSSR count). The van der Waals surface area contributed by atoms with Gasteiger partial charge in [0.05, 0.1) is 17.7 Å². The van der Waals surface area contributed by atoms with Gasteiger partial charge in [-0.15, -0.1) is 0 Å².